The smallest absolute Gasteiger partial charge is 0.128 e. The fourth-order valence-corrected chi connectivity index (χ4v) is 4.12. The standard InChI is InChI=1S/C27H26O2S.C5H12/c1-4-27(2,3)21-7-13-25(14-8-21)30-26-15-11-23(12-16-26)29-24-10-6-19-17-22(28)9-5-20(19)18-24;1-4-5(2)3/h5-18,28H,4H2,1-3H3;5H,4H2,1-3H3. The summed E-state index contributed by atoms with van der Waals surface area (Å²) in [4.78, 5) is 2.41. The molecule has 0 saturated heterocycles. The lowest BCUT2D eigenvalue weighted by Crippen LogP contribution is -2.14. The molecule has 2 nitrogen and oxygen atoms in total. The van der Waals surface area contributed by atoms with Crippen LogP contribution in [0.15, 0.2) is 94.7 Å². The topological polar surface area (TPSA) is 29.5 Å². The highest BCUT2D eigenvalue weighted by molar-refractivity contribution is 7.99. The number of fused-ring (bicyclic) bond motifs is 1. The molecule has 3 heteroatoms. The highest BCUT2D eigenvalue weighted by Gasteiger charge is 2.17. The number of hydrogen-bond donors (Lipinski definition) is 1. The highest BCUT2D eigenvalue weighted by Crippen LogP contribution is 2.33. The fraction of sp³-hybridized carbons (Fsp3) is 0.312. The van der Waals surface area contributed by atoms with Gasteiger partial charge in [-0.1, -0.05) is 84.0 Å². The molecule has 35 heavy (non-hydrogen) atoms. The van der Waals surface area contributed by atoms with E-state index in [4.69, 9.17) is 4.74 Å². The molecule has 0 aromatic heterocycles. The third-order valence-electron chi connectivity index (χ3n) is 6.43. The van der Waals surface area contributed by atoms with Crippen molar-refractivity contribution in [2.75, 3.05) is 0 Å². The van der Waals surface area contributed by atoms with Gasteiger partial charge in [0.25, 0.3) is 0 Å². The summed E-state index contributed by atoms with van der Waals surface area (Å²) >= 11 is 1.75. The van der Waals surface area contributed by atoms with E-state index in [1.165, 1.54) is 21.8 Å². The van der Waals surface area contributed by atoms with Crippen LogP contribution in [0.3, 0.4) is 0 Å². The van der Waals surface area contributed by atoms with Gasteiger partial charge < -0.3 is 9.84 Å². The Morgan fingerprint density at radius 1 is 0.743 bits per heavy atom. The lowest BCUT2D eigenvalue weighted by atomic mass is 9.82. The zero-order valence-corrected chi connectivity index (χ0v) is 22.7. The van der Waals surface area contributed by atoms with Crippen LogP contribution in [0.5, 0.6) is 17.2 Å². The number of benzene rings is 4. The van der Waals surface area contributed by atoms with Crippen LogP contribution in [0.2, 0.25) is 0 Å². The van der Waals surface area contributed by atoms with E-state index in [2.05, 4.69) is 77.9 Å². The van der Waals surface area contributed by atoms with Gasteiger partial charge >= 0.3 is 0 Å². The van der Waals surface area contributed by atoms with E-state index in [1.807, 2.05) is 36.4 Å². The summed E-state index contributed by atoms with van der Waals surface area (Å²) < 4.78 is 6.02. The Morgan fingerprint density at radius 2 is 1.26 bits per heavy atom. The first-order valence-electron chi connectivity index (χ1n) is 12.5. The Balaban J connectivity index is 0.000000623. The molecule has 0 heterocycles. The average molecular weight is 487 g/mol. The second kappa shape index (κ2) is 12.2. The predicted octanol–water partition coefficient (Wildman–Crippen LogP) is 10.2. The number of ether oxygens (including phenoxy) is 1. The quantitative estimate of drug-likeness (QED) is 0.282. The molecule has 184 valence electrons. The molecular formula is C32H38O2S. The minimum Gasteiger partial charge on any atom is -0.508 e. The third-order valence-corrected chi connectivity index (χ3v) is 7.44. The van der Waals surface area contributed by atoms with Crippen LogP contribution in [0.25, 0.3) is 10.8 Å². The molecule has 4 aromatic carbocycles. The van der Waals surface area contributed by atoms with Crippen molar-refractivity contribution in [1.82, 2.24) is 0 Å². The predicted molar refractivity (Wildman–Crippen MR) is 151 cm³/mol. The van der Waals surface area contributed by atoms with Gasteiger partial charge in [-0.05, 0) is 94.8 Å². The summed E-state index contributed by atoms with van der Waals surface area (Å²) in [7, 11) is 0. The van der Waals surface area contributed by atoms with Crippen LogP contribution >= 0.6 is 11.8 Å². The zero-order valence-electron chi connectivity index (χ0n) is 21.8. The summed E-state index contributed by atoms with van der Waals surface area (Å²) in [5, 5.41) is 11.6. The summed E-state index contributed by atoms with van der Waals surface area (Å²) in [6.45, 7) is 13.4. The minimum atomic E-state index is 0.214. The van der Waals surface area contributed by atoms with Crippen molar-refractivity contribution in [2.45, 2.75) is 69.6 Å². The minimum absolute atomic E-state index is 0.214. The Labute approximate surface area is 215 Å². The Hall–Kier alpha value is -2.91. The van der Waals surface area contributed by atoms with E-state index in [-0.39, 0.29) is 11.2 Å². The third kappa shape index (κ3) is 7.80. The van der Waals surface area contributed by atoms with E-state index in [1.54, 1.807) is 23.9 Å². The van der Waals surface area contributed by atoms with Gasteiger partial charge in [0, 0.05) is 9.79 Å². The molecule has 0 unspecified atom stereocenters. The molecule has 0 aliphatic heterocycles. The van der Waals surface area contributed by atoms with E-state index < -0.39 is 0 Å². The maximum absolute atomic E-state index is 9.59. The molecule has 1 N–H and O–H groups in total. The molecule has 0 fully saturated rings. The van der Waals surface area contributed by atoms with Crippen LogP contribution < -0.4 is 4.74 Å². The summed E-state index contributed by atoms with van der Waals surface area (Å²) in [6.07, 6.45) is 2.43. The number of aromatic hydroxyl groups is 1. The average Bonchev–Trinajstić information content (AvgIpc) is 2.86. The van der Waals surface area contributed by atoms with Crippen LogP contribution in [0.4, 0.5) is 0 Å². The summed E-state index contributed by atoms with van der Waals surface area (Å²) in [5.41, 5.74) is 1.59. The van der Waals surface area contributed by atoms with Crippen LogP contribution in [0.1, 0.15) is 59.9 Å². The van der Waals surface area contributed by atoms with Gasteiger partial charge in [0.1, 0.15) is 17.2 Å². The monoisotopic (exact) mass is 486 g/mol. The van der Waals surface area contributed by atoms with Gasteiger partial charge in [0.2, 0.25) is 0 Å². The van der Waals surface area contributed by atoms with E-state index in [9.17, 15) is 5.11 Å². The Morgan fingerprint density at radius 3 is 1.83 bits per heavy atom. The first kappa shape index (κ1) is 26.7. The van der Waals surface area contributed by atoms with Gasteiger partial charge in [0.05, 0.1) is 0 Å². The van der Waals surface area contributed by atoms with Gasteiger partial charge in [-0.25, -0.2) is 0 Å². The van der Waals surface area contributed by atoms with Crippen LogP contribution in [0, 0.1) is 5.92 Å². The lowest BCUT2D eigenvalue weighted by molar-refractivity contribution is 0.475. The van der Waals surface area contributed by atoms with Gasteiger partial charge in [0.15, 0.2) is 0 Å². The zero-order chi connectivity index (χ0) is 25.4. The van der Waals surface area contributed by atoms with E-state index in [0.717, 1.165) is 34.6 Å². The fourth-order valence-electron chi connectivity index (χ4n) is 3.30. The molecule has 0 saturated carbocycles. The molecule has 0 amide bonds. The second-order valence-electron chi connectivity index (χ2n) is 9.93. The molecule has 0 aliphatic carbocycles. The number of phenols is 1. The molecule has 0 atom stereocenters. The molecule has 0 bridgehead atoms. The lowest BCUT2D eigenvalue weighted by Gasteiger charge is -2.23. The molecule has 4 aromatic rings. The van der Waals surface area contributed by atoms with Crippen molar-refractivity contribution < 1.29 is 9.84 Å². The number of phenolic OH excluding ortho intramolecular Hbond substituents is 1. The Kier molecular flexibility index (Phi) is 9.28. The molecule has 0 aliphatic rings. The summed E-state index contributed by atoms with van der Waals surface area (Å²) in [6, 6.07) is 28.2. The largest absolute Gasteiger partial charge is 0.508 e. The normalized spacial score (nSPS) is 11.3. The van der Waals surface area contributed by atoms with Crippen molar-refractivity contribution in [1.29, 1.82) is 0 Å². The molecular weight excluding hydrogens is 448 g/mol. The van der Waals surface area contributed by atoms with Gasteiger partial charge in [-0.15, -0.1) is 0 Å². The maximum atomic E-state index is 9.59. The maximum Gasteiger partial charge on any atom is 0.128 e. The summed E-state index contributed by atoms with van der Waals surface area (Å²) in [5.74, 6) is 2.74. The van der Waals surface area contributed by atoms with Crippen molar-refractivity contribution in [3.8, 4) is 17.2 Å². The highest BCUT2D eigenvalue weighted by atomic mass is 32.2. The Bertz CT molecular complexity index is 1210. The SMILES string of the molecule is CCC(C)(C)c1ccc(Sc2ccc(Oc3ccc4cc(O)ccc4c3)cc2)cc1.CCC(C)C. The van der Waals surface area contributed by atoms with Crippen molar-refractivity contribution in [3.05, 3.63) is 90.5 Å². The van der Waals surface area contributed by atoms with Crippen LogP contribution in [-0.2, 0) is 5.41 Å². The van der Waals surface area contributed by atoms with Crippen molar-refractivity contribution in [3.63, 3.8) is 0 Å². The van der Waals surface area contributed by atoms with Crippen molar-refractivity contribution >= 4 is 22.5 Å². The van der Waals surface area contributed by atoms with Crippen molar-refractivity contribution in [2.24, 2.45) is 5.92 Å². The van der Waals surface area contributed by atoms with Crippen LogP contribution in [-0.4, -0.2) is 5.11 Å². The van der Waals surface area contributed by atoms with Gasteiger partial charge in [-0.3, -0.25) is 0 Å². The number of rotatable bonds is 7. The molecule has 4 rings (SSSR count). The first-order valence-corrected chi connectivity index (χ1v) is 13.3. The molecule has 0 radical (unpaired) electrons. The first-order chi connectivity index (χ1) is 16.7. The van der Waals surface area contributed by atoms with Gasteiger partial charge in [-0.2, -0.15) is 0 Å². The van der Waals surface area contributed by atoms with E-state index in [0.29, 0.717) is 0 Å². The van der Waals surface area contributed by atoms with E-state index >= 15 is 0 Å². The number of hydrogen-bond acceptors (Lipinski definition) is 3. The second-order valence-corrected chi connectivity index (χ2v) is 11.1. The molecule has 0 spiro atoms.